The Kier molecular flexibility index (Phi) is 9.75. The molecule has 0 aliphatic rings. The summed E-state index contributed by atoms with van der Waals surface area (Å²) in [6, 6.07) is 6.01. The van der Waals surface area contributed by atoms with E-state index in [1.165, 1.54) is 68.9 Å². The van der Waals surface area contributed by atoms with Crippen molar-refractivity contribution in [3.05, 3.63) is 29.3 Å². The Bertz CT molecular complexity index is 502. The third-order valence-electron chi connectivity index (χ3n) is 5.19. The van der Waals surface area contributed by atoms with Crippen LogP contribution in [-0.4, -0.2) is 5.11 Å². The molecule has 1 rings (SSSR count). The van der Waals surface area contributed by atoms with Crippen molar-refractivity contribution in [3.8, 4) is 5.75 Å². The summed E-state index contributed by atoms with van der Waals surface area (Å²) in [5, 5.41) is 9.86. The SMILES string of the molecule is CC(C)(C)CCCCCCc1ccc(O)cc1CCCCCC(C)(C)C. The standard InChI is InChI=1S/C25H44O/c1-24(2,3)18-12-8-7-10-14-21-16-17-23(26)20-22(21)15-11-9-13-19-25(4,5)6/h16-17,20,26H,7-15,18-19H2,1-6H3. The van der Waals surface area contributed by atoms with Crippen LogP contribution in [0.5, 0.6) is 5.75 Å². The van der Waals surface area contributed by atoms with E-state index in [0.717, 1.165) is 12.8 Å². The summed E-state index contributed by atoms with van der Waals surface area (Å²) in [5.74, 6) is 0.420. The van der Waals surface area contributed by atoms with E-state index in [-0.39, 0.29) is 0 Å². The van der Waals surface area contributed by atoms with Crippen LogP contribution in [0.3, 0.4) is 0 Å². The number of benzene rings is 1. The lowest BCUT2D eigenvalue weighted by atomic mass is 9.88. The van der Waals surface area contributed by atoms with Gasteiger partial charge in [0.15, 0.2) is 0 Å². The molecule has 1 N–H and O–H groups in total. The van der Waals surface area contributed by atoms with Crippen LogP contribution in [0.4, 0.5) is 0 Å². The van der Waals surface area contributed by atoms with Crippen molar-refractivity contribution in [2.75, 3.05) is 0 Å². The summed E-state index contributed by atoms with van der Waals surface area (Å²) < 4.78 is 0. The highest BCUT2D eigenvalue weighted by molar-refractivity contribution is 5.35. The number of aromatic hydroxyl groups is 1. The fraction of sp³-hybridized carbons (Fsp3) is 0.760. The van der Waals surface area contributed by atoms with Gasteiger partial charge < -0.3 is 5.11 Å². The van der Waals surface area contributed by atoms with E-state index in [9.17, 15) is 5.11 Å². The molecule has 0 unspecified atom stereocenters. The second-order valence-corrected chi connectivity index (χ2v) is 10.5. The first kappa shape index (κ1) is 23.1. The molecule has 1 heteroatoms. The fourth-order valence-corrected chi connectivity index (χ4v) is 3.56. The summed E-state index contributed by atoms with van der Waals surface area (Å²) in [7, 11) is 0. The van der Waals surface area contributed by atoms with E-state index in [2.05, 4.69) is 47.6 Å². The lowest BCUT2D eigenvalue weighted by Gasteiger charge is -2.18. The van der Waals surface area contributed by atoms with Gasteiger partial charge in [-0.25, -0.2) is 0 Å². The largest absolute Gasteiger partial charge is 0.508 e. The summed E-state index contributed by atoms with van der Waals surface area (Å²) >= 11 is 0. The summed E-state index contributed by atoms with van der Waals surface area (Å²) in [5.41, 5.74) is 3.74. The number of phenolic OH excluding ortho intramolecular Hbond substituents is 1. The molecular formula is C25H44O. The van der Waals surface area contributed by atoms with Crippen molar-refractivity contribution in [3.63, 3.8) is 0 Å². The Morgan fingerprint density at radius 2 is 1.08 bits per heavy atom. The summed E-state index contributed by atoms with van der Waals surface area (Å²) in [6.07, 6.45) is 14.0. The molecule has 1 aromatic rings. The van der Waals surface area contributed by atoms with E-state index in [0.29, 0.717) is 16.6 Å². The highest BCUT2D eigenvalue weighted by Crippen LogP contribution is 2.25. The number of phenols is 1. The summed E-state index contributed by atoms with van der Waals surface area (Å²) in [6.45, 7) is 14.0. The Hall–Kier alpha value is -0.980. The van der Waals surface area contributed by atoms with E-state index in [1.807, 2.05) is 12.1 Å². The summed E-state index contributed by atoms with van der Waals surface area (Å²) in [4.78, 5) is 0. The van der Waals surface area contributed by atoms with E-state index < -0.39 is 0 Å². The molecule has 1 nitrogen and oxygen atoms in total. The fourth-order valence-electron chi connectivity index (χ4n) is 3.56. The van der Waals surface area contributed by atoms with Gasteiger partial charge in [0.2, 0.25) is 0 Å². The van der Waals surface area contributed by atoms with Gasteiger partial charge in [-0.2, -0.15) is 0 Å². The highest BCUT2D eigenvalue weighted by atomic mass is 16.3. The molecule has 0 aliphatic carbocycles. The highest BCUT2D eigenvalue weighted by Gasteiger charge is 2.10. The van der Waals surface area contributed by atoms with Gasteiger partial charge >= 0.3 is 0 Å². The minimum atomic E-state index is 0.420. The molecule has 26 heavy (non-hydrogen) atoms. The average Bonchev–Trinajstić information content (AvgIpc) is 2.50. The monoisotopic (exact) mass is 360 g/mol. The maximum absolute atomic E-state index is 9.86. The topological polar surface area (TPSA) is 20.2 Å². The van der Waals surface area contributed by atoms with Crippen molar-refractivity contribution in [2.45, 2.75) is 112 Å². The molecule has 0 fully saturated rings. The van der Waals surface area contributed by atoms with Gasteiger partial charge in [0, 0.05) is 0 Å². The van der Waals surface area contributed by atoms with Gasteiger partial charge in [-0.15, -0.1) is 0 Å². The van der Waals surface area contributed by atoms with Crippen molar-refractivity contribution >= 4 is 0 Å². The molecular weight excluding hydrogens is 316 g/mol. The maximum Gasteiger partial charge on any atom is 0.115 e. The van der Waals surface area contributed by atoms with Crippen LogP contribution >= 0.6 is 0 Å². The lowest BCUT2D eigenvalue weighted by Crippen LogP contribution is -2.04. The molecule has 0 saturated heterocycles. The van der Waals surface area contributed by atoms with E-state index >= 15 is 0 Å². The van der Waals surface area contributed by atoms with Crippen LogP contribution in [0.25, 0.3) is 0 Å². The van der Waals surface area contributed by atoms with Crippen LogP contribution in [0, 0.1) is 10.8 Å². The number of hydrogen-bond donors (Lipinski definition) is 1. The zero-order chi connectivity index (χ0) is 19.6. The molecule has 0 aliphatic heterocycles. The second-order valence-electron chi connectivity index (χ2n) is 10.5. The molecule has 0 saturated carbocycles. The predicted octanol–water partition coefficient (Wildman–Crippen LogP) is 8.08. The molecule has 1 aromatic carbocycles. The Balaban J connectivity index is 2.34. The average molecular weight is 361 g/mol. The Morgan fingerprint density at radius 3 is 1.62 bits per heavy atom. The minimum Gasteiger partial charge on any atom is -0.508 e. The van der Waals surface area contributed by atoms with Crippen LogP contribution < -0.4 is 0 Å². The van der Waals surface area contributed by atoms with Crippen molar-refractivity contribution in [2.24, 2.45) is 10.8 Å². The zero-order valence-corrected chi connectivity index (χ0v) is 18.5. The number of unbranched alkanes of at least 4 members (excludes halogenated alkanes) is 5. The smallest absolute Gasteiger partial charge is 0.115 e. The second kappa shape index (κ2) is 11.0. The van der Waals surface area contributed by atoms with Gasteiger partial charge in [0.25, 0.3) is 0 Å². The van der Waals surface area contributed by atoms with Gasteiger partial charge in [-0.05, 0) is 72.6 Å². The molecule has 0 heterocycles. The molecule has 0 amide bonds. The van der Waals surface area contributed by atoms with Gasteiger partial charge in [-0.3, -0.25) is 0 Å². The lowest BCUT2D eigenvalue weighted by molar-refractivity contribution is 0.357. The molecule has 0 atom stereocenters. The number of hydrogen-bond acceptors (Lipinski definition) is 1. The van der Waals surface area contributed by atoms with Crippen LogP contribution in [0.15, 0.2) is 18.2 Å². The van der Waals surface area contributed by atoms with Crippen LogP contribution in [-0.2, 0) is 12.8 Å². The van der Waals surface area contributed by atoms with Crippen molar-refractivity contribution < 1.29 is 5.11 Å². The Morgan fingerprint density at radius 1 is 0.615 bits per heavy atom. The Labute approximate surface area is 163 Å². The number of aryl methyl sites for hydroxylation is 2. The maximum atomic E-state index is 9.86. The normalized spacial score (nSPS) is 12.5. The van der Waals surface area contributed by atoms with Gasteiger partial charge in [0.1, 0.15) is 5.75 Å². The first-order chi connectivity index (χ1) is 12.1. The molecule has 0 bridgehead atoms. The molecule has 0 spiro atoms. The van der Waals surface area contributed by atoms with Gasteiger partial charge in [-0.1, -0.05) is 79.7 Å². The zero-order valence-electron chi connectivity index (χ0n) is 18.5. The first-order valence-corrected chi connectivity index (χ1v) is 10.9. The number of rotatable bonds is 11. The third-order valence-corrected chi connectivity index (χ3v) is 5.19. The van der Waals surface area contributed by atoms with Gasteiger partial charge in [0.05, 0.1) is 0 Å². The van der Waals surface area contributed by atoms with E-state index in [1.54, 1.807) is 0 Å². The van der Waals surface area contributed by atoms with Crippen molar-refractivity contribution in [1.82, 2.24) is 0 Å². The van der Waals surface area contributed by atoms with Crippen LogP contribution in [0.2, 0.25) is 0 Å². The first-order valence-electron chi connectivity index (χ1n) is 10.9. The minimum absolute atomic E-state index is 0.420. The predicted molar refractivity (Wildman–Crippen MR) is 116 cm³/mol. The third kappa shape index (κ3) is 11.6. The van der Waals surface area contributed by atoms with Crippen molar-refractivity contribution in [1.29, 1.82) is 0 Å². The van der Waals surface area contributed by atoms with Crippen LogP contribution in [0.1, 0.15) is 110 Å². The van der Waals surface area contributed by atoms with E-state index in [4.69, 9.17) is 0 Å². The molecule has 0 radical (unpaired) electrons. The molecule has 150 valence electrons. The quantitative estimate of drug-likeness (QED) is 0.395. The molecule has 0 aromatic heterocycles.